The highest BCUT2D eigenvalue weighted by Gasteiger charge is 2.10. The number of nitrogens with one attached hydrogen (secondary N) is 2. The molecule has 0 atom stereocenters. The number of rotatable bonds is 6. The van der Waals surface area contributed by atoms with Gasteiger partial charge >= 0.3 is 6.61 Å². The van der Waals surface area contributed by atoms with Crippen molar-refractivity contribution in [1.82, 2.24) is 15.6 Å². The SMILES string of the molecule is CN=C(NCc1ncc(C)s1)NCc1cc(C)ccc1OC(F)F.I. The van der Waals surface area contributed by atoms with E-state index < -0.39 is 6.61 Å². The Kier molecular flexibility index (Phi) is 9.04. The minimum Gasteiger partial charge on any atom is -0.434 e. The second-order valence-corrected chi connectivity index (χ2v) is 6.45. The van der Waals surface area contributed by atoms with Crippen LogP contribution in [0.3, 0.4) is 0 Å². The molecule has 0 aliphatic rings. The Bertz CT molecular complexity index is 709. The van der Waals surface area contributed by atoms with Crippen LogP contribution in [0.1, 0.15) is 21.0 Å². The molecule has 138 valence electrons. The zero-order valence-corrected chi connectivity index (χ0v) is 17.3. The van der Waals surface area contributed by atoms with Gasteiger partial charge in [0.25, 0.3) is 0 Å². The number of aromatic nitrogens is 1. The molecule has 0 saturated heterocycles. The Hall–Kier alpha value is -1.49. The molecular formula is C16H21F2IN4OS. The van der Waals surface area contributed by atoms with E-state index in [-0.39, 0.29) is 29.7 Å². The van der Waals surface area contributed by atoms with Gasteiger partial charge in [0.1, 0.15) is 10.8 Å². The Morgan fingerprint density at radius 2 is 2.00 bits per heavy atom. The van der Waals surface area contributed by atoms with Crippen LogP contribution in [0.4, 0.5) is 8.78 Å². The molecule has 5 nitrogen and oxygen atoms in total. The Labute approximate surface area is 166 Å². The first kappa shape index (κ1) is 21.6. The molecule has 0 radical (unpaired) electrons. The lowest BCUT2D eigenvalue weighted by Crippen LogP contribution is -2.36. The zero-order valence-electron chi connectivity index (χ0n) is 14.2. The largest absolute Gasteiger partial charge is 0.434 e. The van der Waals surface area contributed by atoms with Gasteiger partial charge in [-0.05, 0) is 19.9 Å². The molecule has 1 aromatic carbocycles. The molecule has 0 spiro atoms. The molecule has 2 aromatic rings. The average Bonchev–Trinajstić information content (AvgIpc) is 2.95. The van der Waals surface area contributed by atoms with E-state index in [0.29, 0.717) is 24.6 Å². The molecule has 0 aliphatic heterocycles. The molecule has 2 N–H and O–H groups in total. The monoisotopic (exact) mass is 482 g/mol. The van der Waals surface area contributed by atoms with Crippen LogP contribution in [-0.4, -0.2) is 24.6 Å². The maximum atomic E-state index is 12.5. The predicted molar refractivity (Wildman–Crippen MR) is 107 cm³/mol. The summed E-state index contributed by atoms with van der Waals surface area (Å²) in [4.78, 5) is 9.53. The van der Waals surface area contributed by atoms with Crippen LogP contribution in [-0.2, 0) is 13.1 Å². The Morgan fingerprint density at radius 1 is 1.28 bits per heavy atom. The van der Waals surface area contributed by atoms with Gasteiger partial charge in [0.05, 0.1) is 6.54 Å². The van der Waals surface area contributed by atoms with Gasteiger partial charge in [-0.25, -0.2) is 4.98 Å². The topological polar surface area (TPSA) is 58.5 Å². The minimum atomic E-state index is -2.85. The van der Waals surface area contributed by atoms with E-state index in [0.717, 1.165) is 15.4 Å². The molecule has 0 unspecified atom stereocenters. The number of nitrogens with zero attached hydrogens (tertiary/aromatic N) is 2. The lowest BCUT2D eigenvalue weighted by Gasteiger charge is -2.14. The van der Waals surface area contributed by atoms with Crippen molar-refractivity contribution in [3.05, 3.63) is 45.4 Å². The van der Waals surface area contributed by atoms with Gasteiger partial charge in [-0.1, -0.05) is 17.7 Å². The molecule has 9 heteroatoms. The highest BCUT2D eigenvalue weighted by atomic mass is 127. The summed E-state index contributed by atoms with van der Waals surface area (Å²) in [6.07, 6.45) is 1.82. The molecule has 1 aromatic heterocycles. The summed E-state index contributed by atoms with van der Waals surface area (Å²) in [6.45, 7) is 1.91. The van der Waals surface area contributed by atoms with Gasteiger partial charge in [0, 0.05) is 30.2 Å². The van der Waals surface area contributed by atoms with Crippen LogP contribution in [0.25, 0.3) is 0 Å². The first-order valence-corrected chi connectivity index (χ1v) is 8.19. The molecule has 1 heterocycles. The lowest BCUT2D eigenvalue weighted by molar-refractivity contribution is -0.0504. The van der Waals surface area contributed by atoms with Gasteiger partial charge in [-0.15, -0.1) is 35.3 Å². The zero-order chi connectivity index (χ0) is 17.5. The van der Waals surface area contributed by atoms with Crippen molar-refractivity contribution >= 4 is 41.3 Å². The van der Waals surface area contributed by atoms with E-state index in [4.69, 9.17) is 0 Å². The first-order chi connectivity index (χ1) is 11.5. The maximum absolute atomic E-state index is 12.5. The summed E-state index contributed by atoms with van der Waals surface area (Å²) in [5.74, 6) is 0.724. The summed E-state index contributed by atoms with van der Waals surface area (Å²) in [7, 11) is 1.65. The fourth-order valence-corrected chi connectivity index (χ4v) is 2.83. The smallest absolute Gasteiger partial charge is 0.387 e. The molecule has 0 aliphatic carbocycles. The van der Waals surface area contributed by atoms with Crippen LogP contribution < -0.4 is 15.4 Å². The normalized spacial score (nSPS) is 11.2. The summed E-state index contributed by atoms with van der Waals surface area (Å²) >= 11 is 1.61. The Morgan fingerprint density at radius 3 is 2.60 bits per heavy atom. The van der Waals surface area contributed by atoms with Gasteiger partial charge in [-0.2, -0.15) is 8.78 Å². The fourth-order valence-electron chi connectivity index (χ4n) is 2.10. The predicted octanol–water partition coefficient (Wildman–Crippen LogP) is 3.84. The third-order valence-corrected chi connectivity index (χ3v) is 4.09. The van der Waals surface area contributed by atoms with Gasteiger partial charge in [0.15, 0.2) is 5.96 Å². The van der Waals surface area contributed by atoms with E-state index in [1.807, 2.05) is 26.1 Å². The van der Waals surface area contributed by atoms with E-state index in [1.165, 1.54) is 0 Å². The van der Waals surface area contributed by atoms with Crippen molar-refractivity contribution in [3.63, 3.8) is 0 Å². The van der Waals surface area contributed by atoms with Crippen LogP contribution in [0.2, 0.25) is 0 Å². The quantitative estimate of drug-likeness (QED) is 0.373. The van der Waals surface area contributed by atoms with Crippen molar-refractivity contribution in [2.24, 2.45) is 4.99 Å². The summed E-state index contributed by atoms with van der Waals surface area (Å²) in [5.41, 5.74) is 1.61. The van der Waals surface area contributed by atoms with Crippen molar-refractivity contribution in [1.29, 1.82) is 0 Å². The lowest BCUT2D eigenvalue weighted by atomic mass is 10.1. The van der Waals surface area contributed by atoms with E-state index in [2.05, 4.69) is 25.3 Å². The van der Waals surface area contributed by atoms with Crippen molar-refractivity contribution in [2.45, 2.75) is 33.5 Å². The number of guanidine groups is 1. The van der Waals surface area contributed by atoms with Crippen LogP contribution in [0.5, 0.6) is 5.75 Å². The van der Waals surface area contributed by atoms with E-state index >= 15 is 0 Å². The van der Waals surface area contributed by atoms with Crippen LogP contribution >= 0.6 is 35.3 Å². The summed E-state index contributed by atoms with van der Waals surface area (Å²) < 4.78 is 29.5. The van der Waals surface area contributed by atoms with Crippen molar-refractivity contribution in [2.75, 3.05) is 7.05 Å². The van der Waals surface area contributed by atoms with Gasteiger partial charge in [0.2, 0.25) is 0 Å². The number of benzene rings is 1. The molecule has 0 amide bonds. The summed E-state index contributed by atoms with van der Waals surface area (Å²) in [6, 6.07) is 5.09. The van der Waals surface area contributed by atoms with Gasteiger partial charge < -0.3 is 15.4 Å². The molecule has 2 rings (SSSR count). The number of ether oxygens (including phenoxy) is 1. The highest BCUT2D eigenvalue weighted by molar-refractivity contribution is 14.0. The molecule has 0 saturated carbocycles. The maximum Gasteiger partial charge on any atom is 0.387 e. The Balaban J connectivity index is 0.00000312. The van der Waals surface area contributed by atoms with Crippen molar-refractivity contribution < 1.29 is 13.5 Å². The second kappa shape index (κ2) is 10.5. The van der Waals surface area contributed by atoms with Crippen LogP contribution in [0, 0.1) is 13.8 Å². The summed E-state index contributed by atoms with van der Waals surface area (Å²) in [5, 5.41) is 7.19. The number of hydrogen-bond acceptors (Lipinski definition) is 4. The third-order valence-electron chi connectivity index (χ3n) is 3.18. The number of thiazole rings is 1. The molecule has 25 heavy (non-hydrogen) atoms. The van der Waals surface area contributed by atoms with Crippen LogP contribution in [0.15, 0.2) is 29.4 Å². The molecule has 0 fully saturated rings. The van der Waals surface area contributed by atoms with Gasteiger partial charge in [-0.3, -0.25) is 4.99 Å². The second-order valence-electron chi connectivity index (χ2n) is 5.13. The number of aliphatic imine (C=N–C) groups is 1. The number of hydrogen-bond donors (Lipinski definition) is 2. The number of alkyl halides is 2. The van der Waals surface area contributed by atoms with E-state index in [1.54, 1.807) is 30.5 Å². The third kappa shape index (κ3) is 7.10. The standard InChI is InChI=1S/C16H20F2N4OS.HI/c1-10-4-5-13(23-15(17)18)12(6-10)8-21-16(19-3)22-9-14-20-7-11(2)24-14;/h4-7,15H,8-9H2,1-3H3,(H2,19,21,22);1H. The molecular weight excluding hydrogens is 461 g/mol. The molecule has 0 bridgehead atoms. The average molecular weight is 482 g/mol. The first-order valence-electron chi connectivity index (χ1n) is 7.38. The fraction of sp³-hybridized carbons (Fsp3) is 0.375. The number of halogens is 3. The number of aryl methyl sites for hydroxylation is 2. The van der Waals surface area contributed by atoms with E-state index in [9.17, 15) is 8.78 Å². The minimum absolute atomic E-state index is 0. The van der Waals surface area contributed by atoms with Crippen molar-refractivity contribution in [3.8, 4) is 5.75 Å². The highest BCUT2D eigenvalue weighted by Crippen LogP contribution is 2.22.